The Morgan fingerprint density at radius 3 is 2.55 bits per heavy atom. The van der Waals surface area contributed by atoms with Crippen molar-refractivity contribution in [3.8, 4) is 11.5 Å². The minimum absolute atomic E-state index is 0.0661. The molecule has 3 N–H and O–H groups in total. The van der Waals surface area contributed by atoms with E-state index in [1.165, 1.54) is 11.0 Å². The molecule has 8 nitrogen and oxygen atoms in total. The van der Waals surface area contributed by atoms with Crippen molar-refractivity contribution in [2.45, 2.75) is 39.8 Å². The predicted molar refractivity (Wildman–Crippen MR) is 144 cm³/mol. The van der Waals surface area contributed by atoms with Crippen LogP contribution in [0.25, 0.3) is 5.57 Å². The van der Waals surface area contributed by atoms with Crippen LogP contribution in [0.2, 0.25) is 0 Å². The molecule has 2 aromatic carbocycles. The van der Waals surface area contributed by atoms with Crippen molar-refractivity contribution < 1.29 is 27.3 Å². The van der Waals surface area contributed by atoms with E-state index in [2.05, 4.69) is 15.4 Å². The van der Waals surface area contributed by atoms with Crippen molar-refractivity contribution in [3.63, 3.8) is 0 Å². The molecule has 0 saturated heterocycles. The third kappa shape index (κ3) is 7.18. The quantitative estimate of drug-likeness (QED) is 0.365. The van der Waals surface area contributed by atoms with Gasteiger partial charge in [-0.15, -0.1) is 0 Å². The Kier molecular flexibility index (Phi) is 9.62. The molecule has 0 aliphatic carbocycles. The van der Waals surface area contributed by atoms with Crippen LogP contribution in [0.5, 0.6) is 11.5 Å². The summed E-state index contributed by atoms with van der Waals surface area (Å²) in [6, 6.07) is 7.55. The van der Waals surface area contributed by atoms with Crippen molar-refractivity contribution in [1.29, 1.82) is 0 Å². The molecule has 2 aromatic rings. The van der Waals surface area contributed by atoms with E-state index in [0.29, 0.717) is 34.7 Å². The van der Waals surface area contributed by atoms with Crippen LogP contribution in [0.15, 0.2) is 54.4 Å². The number of anilines is 1. The Balaban J connectivity index is 2.16. The third-order valence-electron chi connectivity index (χ3n) is 5.70. The van der Waals surface area contributed by atoms with Crippen LogP contribution in [0.3, 0.4) is 0 Å². The van der Waals surface area contributed by atoms with Crippen LogP contribution in [0.4, 0.5) is 14.5 Å². The highest BCUT2D eigenvalue weighted by atomic mass is 32.2. The van der Waals surface area contributed by atoms with Gasteiger partial charge in [-0.2, -0.15) is 0 Å². The van der Waals surface area contributed by atoms with E-state index >= 15 is 0 Å². The summed E-state index contributed by atoms with van der Waals surface area (Å²) in [6.45, 7) is 7.37. The summed E-state index contributed by atoms with van der Waals surface area (Å²) in [5, 5.41) is 6.04. The molecule has 0 saturated carbocycles. The first-order valence-electron chi connectivity index (χ1n) is 12.1. The zero-order valence-electron chi connectivity index (χ0n) is 21.9. The van der Waals surface area contributed by atoms with E-state index in [1.807, 2.05) is 20.8 Å². The van der Waals surface area contributed by atoms with Gasteiger partial charge in [-0.25, -0.2) is 13.0 Å². The molecule has 1 aliphatic rings. The topological polar surface area (TPSA) is 99.8 Å². The zero-order chi connectivity index (χ0) is 28.0. The summed E-state index contributed by atoms with van der Waals surface area (Å²) in [5.74, 6) is -1.91. The average molecular weight is 547 g/mol. The third-order valence-corrected chi connectivity index (χ3v) is 6.69. The minimum atomic E-state index is -1.35. The van der Waals surface area contributed by atoms with E-state index in [4.69, 9.17) is 4.74 Å². The Hall–Kier alpha value is -3.73. The largest absolute Gasteiger partial charge is 0.454 e. The number of ether oxygens (including phenoxy) is 1. The second-order valence-electron chi connectivity index (χ2n) is 9.15. The van der Waals surface area contributed by atoms with Gasteiger partial charge >= 0.3 is 0 Å². The maximum Gasteiger partial charge on any atom is 0.267 e. The number of hydrogen-bond donors (Lipinski definition) is 3. The number of halogens is 2. The molecular weight excluding hydrogens is 514 g/mol. The van der Waals surface area contributed by atoms with Crippen LogP contribution in [-0.4, -0.2) is 46.3 Å². The highest BCUT2D eigenvalue weighted by Gasteiger charge is 2.32. The Labute approximate surface area is 223 Å². The fourth-order valence-corrected chi connectivity index (χ4v) is 4.45. The molecule has 3 unspecified atom stereocenters. The van der Waals surface area contributed by atoms with Crippen molar-refractivity contribution >= 4 is 34.6 Å². The molecule has 1 aliphatic heterocycles. The van der Waals surface area contributed by atoms with Gasteiger partial charge in [-0.1, -0.05) is 6.92 Å². The summed E-state index contributed by atoms with van der Waals surface area (Å²) in [5.41, 5.74) is 1.92. The van der Waals surface area contributed by atoms with Crippen molar-refractivity contribution in [3.05, 3.63) is 71.6 Å². The lowest BCUT2D eigenvalue weighted by molar-refractivity contribution is -0.118. The molecule has 0 aromatic heterocycles. The highest BCUT2D eigenvalue weighted by molar-refractivity contribution is 7.86. The fourth-order valence-electron chi connectivity index (χ4n) is 3.92. The lowest BCUT2D eigenvalue weighted by Crippen LogP contribution is -2.36. The number of amides is 2. The van der Waals surface area contributed by atoms with E-state index in [-0.39, 0.29) is 29.5 Å². The summed E-state index contributed by atoms with van der Waals surface area (Å²) >= 11 is 0. The molecule has 0 spiro atoms. The molecule has 0 bridgehead atoms. The van der Waals surface area contributed by atoms with Gasteiger partial charge < -0.3 is 25.0 Å². The number of hydrogen-bond acceptors (Lipinski definition) is 5. The number of nitrogens with zero attached hydrogens (tertiary/aromatic N) is 1. The molecule has 0 radical (unpaired) electrons. The van der Waals surface area contributed by atoms with E-state index in [1.54, 1.807) is 44.4 Å². The Morgan fingerprint density at radius 1 is 1.21 bits per heavy atom. The van der Waals surface area contributed by atoms with Crippen molar-refractivity contribution in [1.82, 2.24) is 15.5 Å². The van der Waals surface area contributed by atoms with Crippen LogP contribution in [-0.2, 0) is 20.6 Å². The number of benzene rings is 2. The molecule has 11 heteroatoms. The second kappa shape index (κ2) is 12.7. The maximum absolute atomic E-state index is 14.5. The first-order chi connectivity index (χ1) is 18.0. The number of carbonyl (C=O) groups is 2. The summed E-state index contributed by atoms with van der Waals surface area (Å²) in [4.78, 5) is 25.6. The van der Waals surface area contributed by atoms with Crippen molar-refractivity contribution in [2.75, 3.05) is 17.5 Å². The molecule has 3 atom stereocenters. The predicted octanol–water partition coefficient (Wildman–Crippen LogP) is 4.30. The maximum atomic E-state index is 14.5. The SMILES string of the molecule is CCS(=O)Nc1ccc(Oc2ccc(F)cc2F)c(/C(=C/N(C)C=O)C2C=C(C(=O)NC(C)C)NC2C)c1. The molecule has 204 valence electrons. The second-order valence-corrected chi connectivity index (χ2v) is 10.6. The first kappa shape index (κ1) is 28.8. The van der Waals surface area contributed by atoms with Crippen LogP contribution in [0, 0.1) is 17.6 Å². The lowest BCUT2D eigenvalue weighted by atomic mass is 9.88. The first-order valence-corrected chi connectivity index (χ1v) is 13.4. The normalized spacial score (nSPS) is 17.9. The summed E-state index contributed by atoms with van der Waals surface area (Å²) in [6.07, 6.45) is 3.98. The van der Waals surface area contributed by atoms with Crippen LogP contribution >= 0.6 is 0 Å². The molecule has 3 rings (SSSR count). The van der Waals surface area contributed by atoms with E-state index in [0.717, 1.165) is 12.1 Å². The van der Waals surface area contributed by atoms with Gasteiger partial charge in [0.25, 0.3) is 5.91 Å². The van der Waals surface area contributed by atoms with Gasteiger partial charge in [0.1, 0.15) is 22.6 Å². The van der Waals surface area contributed by atoms with Crippen LogP contribution < -0.4 is 20.1 Å². The highest BCUT2D eigenvalue weighted by Crippen LogP contribution is 2.40. The molecule has 1 heterocycles. The number of carbonyl (C=O) groups excluding carboxylic acids is 2. The van der Waals surface area contributed by atoms with E-state index in [9.17, 15) is 22.6 Å². The summed E-state index contributed by atoms with van der Waals surface area (Å²) < 4.78 is 49.0. The standard InChI is InChI=1S/C27H32F2N4O4S/c1-6-38(36)32-19-8-10-25(37-26-9-7-18(28)11-23(26)29)21(12-19)22(14-33(5)15-34)20-13-24(31-17(20)4)27(35)30-16(2)3/h7-17,20,31-32H,6H2,1-5H3,(H,30,35)/b22-14+. The Morgan fingerprint density at radius 2 is 1.92 bits per heavy atom. The average Bonchev–Trinajstić information content (AvgIpc) is 3.25. The van der Waals surface area contributed by atoms with Gasteiger partial charge in [0.2, 0.25) is 6.41 Å². The van der Waals surface area contributed by atoms with Gasteiger partial charge in [0.15, 0.2) is 11.6 Å². The molecule has 2 amide bonds. The zero-order valence-corrected chi connectivity index (χ0v) is 22.7. The minimum Gasteiger partial charge on any atom is -0.454 e. The number of rotatable bonds is 11. The van der Waals surface area contributed by atoms with Crippen molar-refractivity contribution in [2.24, 2.45) is 5.92 Å². The van der Waals surface area contributed by atoms with Gasteiger partial charge in [0, 0.05) is 54.3 Å². The smallest absolute Gasteiger partial charge is 0.267 e. The lowest BCUT2D eigenvalue weighted by Gasteiger charge is -2.24. The number of nitrogens with one attached hydrogen (secondary N) is 3. The monoisotopic (exact) mass is 546 g/mol. The molecule has 0 fully saturated rings. The fraction of sp³-hybridized carbons (Fsp3) is 0.333. The molecular formula is C27H32F2N4O4S. The van der Waals surface area contributed by atoms with E-state index < -0.39 is 28.5 Å². The van der Waals surface area contributed by atoms with Gasteiger partial charge in [-0.05, 0) is 62.8 Å². The van der Waals surface area contributed by atoms with Gasteiger partial charge in [0.05, 0.1) is 5.70 Å². The van der Waals surface area contributed by atoms with Crippen LogP contribution in [0.1, 0.15) is 33.3 Å². The Bertz CT molecular complexity index is 1280. The van der Waals surface area contributed by atoms with Gasteiger partial charge in [-0.3, -0.25) is 9.59 Å². The summed E-state index contributed by atoms with van der Waals surface area (Å²) in [7, 11) is 0.215. The molecule has 38 heavy (non-hydrogen) atoms.